The molecule has 0 aromatic heterocycles. The van der Waals surface area contributed by atoms with E-state index in [0.29, 0.717) is 21.4 Å². The molecule has 2 nitrogen and oxygen atoms in total. The van der Waals surface area contributed by atoms with Gasteiger partial charge < -0.3 is 4.74 Å². The van der Waals surface area contributed by atoms with Crippen LogP contribution in [0.3, 0.4) is 0 Å². The average Bonchev–Trinajstić information content (AvgIpc) is 2.38. The second-order valence-corrected chi connectivity index (χ2v) is 4.89. The summed E-state index contributed by atoms with van der Waals surface area (Å²) in [5, 5.41) is 0.787. The van der Waals surface area contributed by atoms with Gasteiger partial charge in [0.05, 0.1) is 10.0 Å². The molecule has 0 aliphatic rings. The third-order valence-electron chi connectivity index (χ3n) is 2.71. The van der Waals surface area contributed by atoms with Crippen LogP contribution in [0.15, 0.2) is 42.5 Å². The van der Waals surface area contributed by atoms with Crippen molar-refractivity contribution in [3.8, 4) is 5.75 Å². The fourth-order valence-electron chi connectivity index (χ4n) is 1.72. The van der Waals surface area contributed by atoms with Crippen molar-refractivity contribution >= 4 is 29.0 Å². The lowest BCUT2D eigenvalue weighted by atomic mass is 10.1. The fourth-order valence-corrected chi connectivity index (χ4v) is 2.23. The molecule has 0 spiro atoms. The van der Waals surface area contributed by atoms with E-state index in [1.54, 1.807) is 24.3 Å². The Hall–Kier alpha value is -1.51. The second-order valence-electron chi connectivity index (χ2n) is 4.08. The van der Waals surface area contributed by atoms with Gasteiger partial charge in [-0.25, -0.2) is 0 Å². The number of ether oxygens (including phenoxy) is 1. The van der Waals surface area contributed by atoms with E-state index in [-0.39, 0.29) is 12.4 Å². The van der Waals surface area contributed by atoms with Gasteiger partial charge in [-0.3, -0.25) is 4.79 Å². The molecule has 0 atom stereocenters. The molecule has 0 amide bonds. The Labute approximate surface area is 121 Å². The molecule has 0 N–H and O–H groups in total. The lowest BCUT2D eigenvalue weighted by Gasteiger charge is -2.10. The van der Waals surface area contributed by atoms with Crippen molar-refractivity contribution in [1.82, 2.24) is 0 Å². The van der Waals surface area contributed by atoms with Gasteiger partial charge in [0, 0.05) is 5.56 Å². The number of hydrogen-bond acceptors (Lipinski definition) is 2. The van der Waals surface area contributed by atoms with Crippen molar-refractivity contribution in [1.29, 1.82) is 0 Å². The molecule has 2 aromatic carbocycles. The maximum Gasteiger partial charge on any atom is 0.200 e. The summed E-state index contributed by atoms with van der Waals surface area (Å²) in [7, 11) is 0. The minimum Gasteiger partial charge on any atom is -0.482 e. The number of halogens is 2. The highest BCUT2D eigenvalue weighted by Gasteiger charge is 2.12. The van der Waals surface area contributed by atoms with Gasteiger partial charge in [-0.2, -0.15) is 0 Å². The Morgan fingerprint density at radius 1 is 1.05 bits per heavy atom. The summed E-state index contributed by atoms with van der Waals surface area (Å²) >= 11 is 11.9. The molecule has 0 fully saturated rings. The van der Waals surface area contributed by atoms with Gasteiger partial charge in [0.1, 0.15) is 0 Å². The Morgan fingerprint density at radius 3 is 2.32 bits per heavy atom. The number of hydrogen-bond donors (Lipinski definition) is 0. The van der Waals surface area contributed by atoms with Crippen LogP contribution in [0.5, 0.6) is 5.75 Å². The van der Waals surface area contributed by atoms with Crippen LogP contribution < -0.4 is 4.74 Å². The summed E-state index contributed by atoms with van der Waals surface area (Å²) < 4.78 is 5.43. The van der Waals surface area contributed by atoms with Gasteiger partial charge in [0.15, 0.2) is 18.1 Å². The molecule has 0 bridgehead atoms. The van der Waals surface area contributed by atoms with Crippen LogP contribution >= 0.6 is 23.2 Å². The first-order valence-electron chi connectivity index (χ1n) is 5.75. The molecule has 0 aliphatic heterocycles. The molecule has 0 heterocycles. The topological polar surface area (TPSA) is 26.3 Å². The molecule has 0 aliphatic carbocycles. The summed E-state index contributed by atoms with van der Waals surface area (Å²) in [5.41, 5.74) is 1.56. The molecule has 0 saturated carbocycles. The van der Waals surface area contributed by atoms with Crippen molar-refractivity contribution in [2.45, 2.75) is 6.92 Å². The van der Waals surface area contributed by atoms with E-state index >= 15 is 0 Å². The normalized spacial score (nSPS) is 10.3. The average molecular weight is 295 g/mol. The summed E-state index contributed by atoms with van der Waals surface area (Å²) in [6, 6.07) is 12.4. The highest BCUT2D eigenvalue weighted by molar-refractivity contribution is 6.37. The standard InChI is InChI=1S/C15H12Cl2O2/c1-10-5-2-3-6-11(10)14(18)9-19-15-12(16)7-4-8-13(15)17/h2-8H,9H2,1H3. The minimum absolute atomic E-state index is 0.0890. The van der Waals surface area contributed by atoms with Crippen LogP contribution in [0, 0.1) is 6.92 Å². The van der Waals surface area contributed by atoms with Gasteiger partial charge in [-0.15, -0.1) is 0 Å². The Morgan fingerprint density at radius 2 is 1.68 bits per heavy atom. The maximum absolute atomic E-state index is 12.1. The number of para-hydroxylation sites is 1. The molecule has 0 radical (unpaired) electrons. The van der Waals surface area contributed by atoms with E-state index in [1.165, 1.54) is 0 Å². The zero-order chi connectivity index (χ0) is 13.8. The summed E-state index contributed by atoms with van der Waals surface area (Å²) in [5.74, 6) is 0.238. The van der Waals surface area contributed by atoms with Gasteiger partial charge in [-0.1, -0.05) is 53.5 Å². The molecule has 2 aromatic rings. The van der Waals surface area contributed by atoms with Gasteiger partial charge in [0.2, 0.25) is 0 Å². The number of Topliss-reactive ketones (excluding diaryl/α,β-unsaturated/α-hetero) is 1. The second kappa shape index (κ2) is 6.09. The Bertz CT molecular complexity index is 589. The number of benzene rings is 2. The SMILES string of the molecule is Cc1ccccc1C(=O)COc1c(Cl)cccc1Cl. The quantitative estimate of drug-likeness (QED) is 0.773. The van der Waals surface area contributed by atoms with Crippen LogP contribution in [-0.4, -0.2) is 12.4 Å². The van der Waals surface area contributed by atoms with E-state index in [9.17, 15) is 4.79 Å². The van der Waals surface area contributed by atoms with Crippen molar-refractivity contribution < 1.29 is 9.53 Å². The first-order chi connectivity index (χ1) is 9.09. The monoisotopic (exact) mass is 294 g/mol. The number of aryl methyl sites for hydroxylation is 1. The highest BCUT2D eigenvalue weighted by Crippen LogP contribution is 2.32. The number of carbonyl (C=O) groups is 1. The Kier molecular flexibility index (Phi) is 4.46. The van der Waals surface area contributed by atoms with Gasteiger partial charge in [-0.05, 0) is 24.6 Å². The fraction of sp³-hybridized carbons (Fsp3) is 0.133. The number of rotatable bonds is 4. The lowest BCUT2D eigenvalue weighted by Crippen LogP contribution is -2.13. The predicted molar refractivity (Wildman–Crippen MR) is 77.5 cm³/mol. The largest absolute Gasteiger partial charge is 0.482 e. The summed E-state index contributed by atoms with van der Waals surface area (Å²) in [6.07, 6.45) is 0. The van der Waals surface area contributed by atoms with E-state index in [1.807, 2.05) is 25.1 Å². The maximum atomic E-state index is 12.1. The highest BCUT2D eigenvalue weighted by atomic mass is 35.5. The van der Waals surface area contributed by atoms with Crippen molar-refractivity contribution in [3.63, 3.8) is 0 Å². The van der Waals surface area contributed by atoms with Crippen LogP contribution in [0.4, 0.5) is 0 Å². The predicted octanol–water partition coefficient (Wildman–Crippen LogP) is 4.56. The molecular weight excluding hydrogens is 283 g/mol. The molecule has 98 valence electrons. The van der Waals surface area contributed by atoms with Crippen LogP contribution in [0.25, 0.3) is 0 Å². The molecule has 0 unspecified atom stereocenters. The van der Waals surface area contributed by atoms with Crippen LogP contribution in [0.1, 0.15) is 15.9 Å². The third kappa shape index (κ3) is 3.28. The minimum atomic E-state index is -0.103. The van der Waals surface area contributed by atoms with Crippen LogP contribution in [0.2, 0.25) is 10.0 Å². The number of carbonyl (C=O) groups excluding carboxylic acids is 1. The first kappa shape index (κ1) is 13.9. The lowest BCUT2D eigenvalue weighted by molar-refractivity contribution is 0.0921. The number of ketones is 1. The molecule has 4 heteroatoms. The smallest absolute Gasteiger partial charge is 0.200 e. The third-order valence-corrected chi connectivity index (χ3v) is 3.31. The summed E-state index contributed by atoms with van der Waals surface area (Å²) in [6.45, 7) is 1.80. The van der Waals surface area contributed by atoms with Gasteiger partial charge >= 0.3 is 0 Å². The molecule has 2 rings (SSSR count). The van der Waals surface area contributed by atoms with Crippen LogP contribution in [-0.2, 0) is 0 Å². The molecule has 19 heavy (non-hydrogen) atoms. The van der Waals surface area contributed by atoms with Crippen molar-refractivity contribution in [3.05, 3.63) is 63.6 Å². The Balaban J connectivity index is 2.11. The molecule has 0 saturated heterocycles. The van der Waals surface area contributed by atoms with Crippen molar-refractivity contribution in [2.75, 3.05) is 6.61 Å². The first-order valence-corrected chi connectivity index (χ1v) is 6.51. The zero-order valence-corrected chi connectivity index (χ0v) is 11.8. The van der Waals surface area contributed by atoms with E-state index in [0.717, 1.165) is 5.56 Å². The van der Waals surface area contributed by atoms with Crippen molar-refractivity contribution in [2.24, 2.45) is 0 Å². The zero-order valence-electron chi connectivity index (χ0n) is 10.3. The summed E-state index contributed by atoms with van der Waals surface area (Å²) in [4.78, 5) is 12.1. The molecular formula is C15H12Cl2O2. The van der Waals surface area contributed by atoms with E-state index in [2.05, 4.69) is 0 Å². The van der Waals surface area contributed by atoms with E-state index in [4.69, 9.17) is 27.9 Å². The van der Waals surface area contributed by atoms with Gasteiger partial charge in [0.25, 0.3) is 0 Å². The van der Waals surface area contributed by atoms with E-state index < -0.39 is 0 Å².